The second-order valence-corrected chi connectivity index (χ2v) is 3.12. The first-order chi connectivity index (χ1) is 6.27. The van der Waals surface area contributed by atoms with Gasteiger partial charge in [0.25, 0.3) is 0 Å². The van der Waals surface area contributed by atoms with Gasteiger partial charge < -0.3 is 0 Å². The van der Waals surface area contributed by atoms with Crippen molar-refractivity contribution in [3.8, 4) is 0 Å². The smallest absolute Gasteiger partial charge is 0.0230 e. The lowest BCUT2D eigenvalue weighted by Gasteiger charge is -2.01. The lowest BCUT2D eigenvalue weighted by atomic mass is 10.0. The molecule has 0 aliphatic rings. The minimum Gasteiger partial charge on any atom is -0.0871 e. The molecule has 0 bridgehead atoms. The van der Waals surface area contributed by atoms with E-state index in [0.29, 0.717) is 0 Å². The summed E-state index contributed by atoms with van der Waals surface area (Å²) in [5.41, 5.74) is 3.90. The summed E-state index contributed by atoms with van der Waals surface area (Å²) < 4.78 is 0. The van der Waals surface area contributed by atoms with Crippen molar-refractivity contribution in [2.24, 2.45) is 0 Å². The van der Waals surface area contributed by atoms with E-state index in [1.54, 1.807) is 0 Å². The van der Waals surface area contributed by atoms with Gasteiger partial charge in [-0.05, 0) is 37.5 Å². The molecule has 0 aromatic heterocycles. The van der Waals surface area contributed by atoms with Gasteiger partial charge in [0, 0.05) is 0 Å². The molecule has 0 aliphatic carbocycles. The monoisotopic (exact) mass is 172 g/mol. The fraction of sp³-hybridized carbons (Fsp3) is 0.231. The first-order valence-electron chi connectivity index (χ1n) is 4.64. The topological polar surface area (TPSA) is 0 Å². The Kier molecular flexibility index (Phi) is 3.51. The van der Waals surface area contributed by atoms with Crippen molar-refractivity contribution in [3.05, 3.63) is 47.0 Å². The Labute approximate surface area is 80.6 Å². The van der Waals surface area contributed by atoms with Crippen LogP contribution in [-0.2, 0) is 0 Å². The average molecular weight is 172 g/mol. The molecule has 0 heterocycles. The highest BCUT2D eigenvalue weighted by atomic mass is 14.0. The number of aryl methyl sites for hydroxylation is 1. The van der Waals surface area contributed by atoms with Gasteiger partial charge in [-0.25, -0.2) is 0 Å². The highest BCUT2D eigenvalue weighted by Crippen LogP contribution is 2.13. The van der Waals surface area contributed by atoms with Crippen molar-refractivity contribution in [1.29, 1.82) is 0 Å². The van der Waals surface area contributed by atoms with Crippen LogP contribution in [0.2, 0.25) is 0 Å². The van der Waals surface area contributed by atoms with Crippen molar-refractivity contribution >= 4 is 12.2 Å². The van der Waals surface area contributed by atoms with Gasteiger partial charge in [0.05, 0.1) is 0 Å². The number of rotatable bonds is 2. The van der Waals surface area contributed by atoms with Crippen LogP contribution >= 0.6 is 0 Å². The molecule has 0 unspecified atom stereocenters. The molecule has 0 nitrogen and oxygen atoms in total. The standard InChI is InChI=1S/C13H16/c1-4-6-12-8-9-13(7-5-2)11(3)10-12/h4-10H,1-3H3. The summed E-state index contributed by atoms with van der Waals surface area (Å²) in [6, 6.07) is 6.50. The summed E-state index contributed by atoms with van der Waals surface area (Å²) in [5, 5.41) is 0. The predicted octanol–water partition coefficient (Wildman–Crippen LogP) is 4.06. The molecule has 0 amide bonds. The van der Waals surface area contributed by atoms with Crippen molar-refractivity contribution in [2.45, 2.75) is 20.8 Å². The minimum absolute atomic E-state index is 1.27. The number of hydrogen-bond donors (Lipinski definition) is 0. The van der Waals surface area contributed by atoms with Gasteiger partial charge in [0.2, 0.25) is 0 Å². The van der Waals surface area contributed by atoms with Crippen molar-refractivity contribution in [2.75, 3.05) is 0 Å². The van der Waals surface area contributed by atoms with Crippen LogP contribution in [0.5, 0.6) is 0 Å². The Bertz CT molecular complexity index is 330. The van der Waals surface area contributed by atoms with Crippen LogP contribution in [0, 0.1) is 6.92 Å². The van der Waals surface area contributed by atoms with E-state index in [2.05, 4.69) is 49.4 Å². The summed E-state index contributed by atoms with van der Waals surface area (Å²) in [6.45, 7) is 6.22. The van der Waals surface area contributed by atoms with E-state index in [-0.39, 0.29) is 0 Å². The molecule has 0 saturated heterocycles. The van der Waals surface area contributed by atoms with E-state index in [9.17, 15) is 0 Å². The molecule has 13 heavy (non-hydrogen) atoms. The maximum absolute atomic E-state index is 2.20. The van der Waals surface area contributed by atoms with Crippen LogP contribution in [-0.4, -0.2) is 0 Å². The SMILES string of the molecule is CC=Cc1ccc(C=CC)c(C)c1. The van der Waals surface area contributed by atoms with E-state index in [4.69, 9.17) is 0 Å². The number of benzene rings is 1. The number of hydrogen-bond acceptors (Lipinski definition) is 0. The van der Waals surface area contributed by atoms with E-state index >= 15 is 0 Å². The summed E-state index contributed by atoms with van der Waals surface area (Å²) in [6.07, 6.45) is 8.38. The third-order valence-corrected chi connectivity index (χ3v) is 2.00. The molecular formula is C13H16. The summed E-state index contributed by atoms with van der Waals surface area (Å²) in [4.78, 5) is 0. The normalized spacial score (nSPS) is 11.6. The molecule has 0 radical (unpaired) electrons. The highest BCUT2D eigenvalue weighted by Gasteiger charge is 1.93. The van der Waals surface area contributed by atoms with Crippen molar-refractivity contribution < 1.29 is 0 Å². The molecule has 0 aliphatic heterocycles. The molecule has 1 aromatic rings. The van der Waals surface area contributed by atoms with Crippen LogP contribution in [0.1, 0.15) is 30.5 Å². The zero-order chi connectivity index (χ0) is 9.68. The first kappa shape index (κ1) is 9.79. The Balaban J connectivity index is 3.05. The fourth-order valence-corrected chi connectivity index (χ4v) is 1.36. The highest BCUT2D eigenvalue weighted by molar-refractivity contribution is 5.59. The summed E-state index contributed by atoms with van der Waals surface area (Å²) in [5.74, 6) is 0. The van der Waals surface area contributed by atoms with Crippen LogP contribution in [0.4, 0.5) is 0 Å². The van der Waals surface area contributed by atoms with E-state index in [1.165, 1.54) is 16.7 Å². The molecule has 1 aromatic carbocycles. The molecule has 0 spiro atoms. The van der Waals surface area contributed by atoms with Gasteiger partial charge in [-0.3, -0.25) is 0 Å². The fourth-order valence-electron chi connectivity index (χ4n) is 1.36. The van der Waals surface area contributed by atoms with Gasteiger partial charge in [-0.1, -0.05) is 42.5 Å². The van der Waals surface area contributed by atoms with Gasteiger partial charge in [-0.2, -0.15) is 0 Å². The van der Waals surface area contributed by atoms with Gasteiger partial charge in [0.1, 0.15) is 0 Å². The second-order valence-electron chi connectivity index (χ2n) is 3.12. The quantitative estimate of drug-likeness (QED) is 0.631. The number of allylic oxidation sites excluding steroid dienone is 2. The third-order valence-electron chi connectivity index (χ3n) is 2.00. The van der Waals surface area contributed by atoms with Crippen LogP contribution in [0.3, 0.4) is 0 Å². The summed E-state index contributed by atoms with van der Waals surface area (Å²) in [7, 11) is 0. The van der Waals surface area contributed by atoms with Crippen molar-refractivity contribution in [3.63, 3.8) is 0 Å². The molecule has 1 rings (SSSR count). The second kappa shape index (κ2) is 4.66. The van der Waals surface area contributed by atoms with E-state index < -0.39 is 0 Å². The molecule has 0 heteroatoms. The average Bonchev–Trinajstić information content (AvgIpc) is 2.10. The Hall–Kier alpha value is -1.30. The lowest BCUT2D eigenvalue weighted by molar-refractivity contribution is 1.43. The summed E-state index contributed by atoms with van der Waals surface area (Å²) >= 11 is 0. The molecule has 0 fully saturated rings. The Morgan fingerprint density at radius 1 is 1.00 bits per heavy atom. The van der Waals surface area contributed by atoms with Crippen LogP contribution in [0.15, 0.2) is 30.4 Å². The van der Waals surface area contributed by atoms with Gasteiger partial charge in [-0.15, -0.1) is 0 Å². The predicted molar refractivity (Wildman–Crippen MR) is 60.6 cm³/mol. The third kappa shape index (κ3) is 2.59. The first-order valence-corrected chi connectivity index (χ1v) is 4.64. The molecule has 0 atom stereocenters. The minimum atomic E-state index is 1.27. The molecule has 0 N–H and O–H groups in total. The van der Waals surface area contributed by atoms with Gasteiger partial charge in [0.15, 0.2) is 0 Å². The maximum Gasteiger partial charge on any atom is -0.0230 e. The zero-order valence-corrected chi connectivity index (χ0v) is 8.54. The maximum atomic E-state index is 2.20. The Morgan fingerprint density at radius 3 is 2.23 bits per heavy atom. The molecule has 68 valence electrons. The van der Waals surface area contributed by atoms with Crippen molar-refractivity contribution in [1.82, 2.24) is 0 Å². The van der Waals surface area contributed by atoms with Gasteiger partial charge >= 0.3 is 0 Å². The molecule has 0 saturated carbocycles. The molecular weight excluding hydrogens is 156 g/mol. The zero-order valence-electron chi connectivity index (χ0n) is 8.54. The van der Waals surface area contributed by atoms with Crippen LogP contribution < -0.4 is 0 Å². The largest absolute Gasteiger partial charge is 0.0871 e. The van der Waals surface area contributed by atoms with E-state index in [0.717, 1.165) is 0 Å². The van der Waals surface area contributed by atoms with Crippen LogP contribution in [0.25, 0.3) is 12.2 Å². The Morgan fingerprint density at radius 2 is 1.69 bits per heavy atom. The van der Waals surface area contributed by atoms with E-state index in [1.807, 2.05) is 13.8 Å². The lowest BCUT2D eigenvalue weighted by Crippen LogP contribution is -1.81.